The Morgan fingerprint density at radius 2 is 1.84 bits per heavy atom. The molecule has 0 atom stereocenters. The van der Waals surface area contributed by atoms with Gasteiger partial charge in [0.05, 0.1) is 0 Å². The quantitative estimate of drug-likeness (QED) is 0.605. The summed E-state index contributed by atoms with van der Waals surface area (Å²) in [6.07, 6.45) is 2.09. The molecule has 1 aromatic heterocycles. The number of hydrogen-bond donors (Lipinski definition) is 0. The summed E-state index contributed by atoms with van der Waals surface area (Å²) in [5.74, 6) is 1.12. The predicted octanol–water partition coefficient (Wildman–Crippen LogP) is 2.18. The standard InChI is InChI=1S/C22H26N4O4S/c1-17-23-21(15-24(17)2)31(28,29)26-11-5-10-25(12-13-26)22(27)16-30-20-9-8-18-6-3-4-7-19(18)14-20/h3-4,6-9,14-15H,5,10-13,16H2,1-2H3. The Hall–Kier alpha value is -2.91. The number of carbonyl (C=O) groups excluding carboxylic acids is 1. The predicted molar refractivity (Wildman–Crippen MR) is 117 cm³/mol. The average molecular weight is 443 g/mol. The molecule has 4 rings (SSSR count). The zero-order valence-electron chi connectivity index (χ0n) is 17.7. The van der Waals surface area contributed by atoms with Crippen molar-refractivity contribution in [1.82, 2.24) is 18.8 Å². The van der Waals surface area contributed by atoms with Crippen LogP contribution < -0.4 is 4.74 Å². The van der Waals surface area contributed by atoms with Gasteiger partial charge in [-0.1, -0.05) is 30.3 Å². The maximum absolute atomic E-state index is 12.9. The molecule has 0 bridgehead atoms. The van der Waals surface area contributed by atoms with E-state index in [9.17, 15) is 13.2 Å². The van der Waals surface area contributed by atoms with Crippen molar-refractivity contribution in [3.63, 3.8) is 0 Å². The van der Waals surface area contributed by atoms with Crippen LogP contribution in [0.2, 0.25) is 0 Å². The molecule has 0 saturated carbocycles. The van der Waals surface area contributed by atoms with Crippen molar-refractivity contribution in [3.05, 3.63) is 54.5 Å². The minimum absolute atomic E-state index is 0.0481. The van der Waals surface area contributed by atoms with E-state index in [1.54, 1.807) is 23.4 Å². The van der Waals surface area contributed by atoms with Gasteiger partial charge in [0, 0.05) is 39.4 Å². The number of aryl methyl sites for hydroxylation is 2. The Morgan fingerprint density at radius 3 is 2.58 bits per heavy atom. The number of sulfonamides is 1. The number of imidazole rings is 1. The van der Waals surface area contributed by atoms with Crippen LogP contribution in [0.3, 0.4) is 0 Å². The van der Waals surface area contributed by atoms with Crippen molar-refractivity contribution in [2.75, 3.05) is 32.8 Å². The number of benzene rings is 2. The third-order valence-corrected chi connectivity index (χ3v) is 7.35. The van der Waals surface area contributed by atoms with Gasteiger partial charge in [0.1, 0.15) is 11.6 Å². The summed E-state index contributed by atoms with van der Waals surface area (Å²) < 4.78 is 34.7. The highest BCUT2D eigenvalue weighted by molar-refractivity contribution is 7.89. The van der Waals surface area contributed by atoms with Crippen molar-refractivity contribution in [3.8, 4) is 5.75 Å². The summed E-state index contributed by atoms with van der Waals surface area (Å²) >= 11 is 0. The summed E-state index contributed by atoms with van der Waals surface area (Å²) in [5.41, 5.74) is 0. The van der Waals surface area contributed by atoms with Gasteiger partial charge in [-0.25, -0.2) is 13.4 Å². The van der Waals surface area contributed by atoms with E-state index >= 15 is 0 Å². The van der Waals surface area contributed by atoms with Gasteiger partial charge in [0.15, 0.2) is 11.6 Å². The van der Waals surface area contributed by atoms with Gasteiger partial charge in [-0.3, -0.25) is 4.79 Å². The summed E-state index contributed by atoms with van der Waals surface area (Å²) in [6.45, 7) is 3.09. The zero-order chi connectivity index (χ0) is 22.0. The molecule has 9 heteroatoms. The summed E-state index contributed by atoms with van der Waals surface area (Å²) in [5, 5.41) is 2.21. The maximum Gasteiger partial charge on any atom is 0.262 e. The van der Waals surface area contributed by atoms with Crippen molar-refractivity contribution in [1.29, 1.82) is 0 Å². The molecule has 0 spiro atoms. The van der Waals surface area contributed by atoms with Crippen LogP contribution in [0.5, 0.6) is 5.75 Å². The van der Waals surface area contributed by atoms with Crippen LogP contribution in [0.25, 0.3) is 10.8 Å². The second-order valence-corrected chi connectivity index (χ2v) is 9.56. The highest BCUT2D eigenvalue weighted by atomic mass is 32.2. The largest absolute Gasteiger partial charge is 0.484 e. The van der Waals surface area contributed by atoms with Gasteiger partial charge in [-0.2, -0.15) is 4.31 Å². The minimum atomic E-state index is -3.68. The van der Waals surface area contributed by atoms with Gasteiger partial charge < -0.3 is 14.2 Å². The van der Waals surface area contributed by atoms with E-state index in [4.69, 9.17) is 4.74 Å². The molecule has 1 amide bonds. The van der Waals surface area contributed by atoms with Crippen LogP contribution in [-0.2, 0) is 21.9 Å². The third kappa shape index (κ3) is 4.57. The number of fused-ring (bicyclic) bond motifs is 1. The van der Waals surface area contributed by atoms with Gasteiger partial charge in [0.25, 0.3) is 15.9 Å². The lowest BCUT2D eigenvalue weighted by Crippen LogP contribution is -2.39. The SMILES string of the molecule is Cc1nc(S(=O)(=O)N2CCCN(C(=O)COc3ccc4ccccc4c3)CC2)cn1C. The number of amides is 1. The van der Waals surface area contributed by atoms with Gasteiger partial charge >= 0.3 is 0 Å². The number of rotatable bonds is 5. The van der Waals surface area contributed by atoms with Gasteiger partial charge in [0.2, 0.25) is 0 Å². The Kier molecular flexibility index (Phi) is 5.97. The lowest BCUT2D eigenvalue weighted by Gasteiger charge is -2.21. The molecule has 0 aliphatic carbocycles. The van der Waals surface area contributed by atoms with Gasteiger partial charge in [-0.05, 0) is 36.2 Å². The van der Waals surface area contributed by atoms with Crippen molar-refractivity contribution in [2.24, 2.45) is 7.05 Å². The molecule has 164 valence electrons. The molecule has 2 aromatic carbocycles. The molecule has 1 aliphatic heterocycles. The Morgan fingerprint density at radius 1 is 1.06 bits per heavy atom. The fourth-order valence-corrected chi connectivity index (χ4v) is 5.15. The average Bonchev–Trinajstić information content (AvgIpc) is 2.96. The van der Waals surface area contributed by atoms with Crippen LogP contribution in [-0.4, -0.2) is 65.9 Å². The maximum atomic E-state index is 12.9. The molecule has 1 aliphatic rings. The molecule has 0 N–H and O–H groups in total. The molecule has 1 saturated heterocycles. The summed E-state index contributed by atoms with van der Waals surface area (Å²) in [7, 11) is -1.92. The summed E-state index contributed by atoms with van der Waals surface area (Å²) in [4.78, 5) is 18.5. The van der Waals surface area contributed by atoms with E-state index in [2.05, 4.69) is 4.98 Å². The lowest BCUT2D eigenvalue weighted by molar-refractivity contribution is -0.133. The minimum Gasteiger partial charge on any atom is -0.484 e. The van der Waals surface area contributed by atoms with E-state index in [0.717, 1.165) is 10.8 Å². The van der Waals surface area contributed by atoms with Crippen LogP contribution in [0.4, 0.5) is 0 Å². The topological polar surface area (TPSA) is 84.7 Å². The number of hydrogen-bond acceptors (Lipinski definition) is 5. The molecule has 31 heavy (non-hydrogen) atoms. The monoisotopic (exact) mass is 442 g/mol. The van der Waals surface area contributed by atoms with Crippen molar-refractivity contribution >= 4 is 26.7 Å². The summed E-state index contributed by atoms with van der Waals surface area (Å²) in [6, 6.07) is 13.7. The fourth-order valence-electron chi connectivity index (χ4n) is 3.66. The number of aromatic nitrogens is 2. The molecule has 0 radical (unpaired) electrons. The zero-order valence-corrected chi connectivity index (χ0v) is 18.5. The number of ether oxygens (including phenoxy) is 1. The third-order valence-electron chi connectivity index (χ3n) is 5.58. The molecule has 8 nitrogen and oxygen atoms in total. The van der Waals surface area contributed by atoms with E-state index in [0.29, 0.717) is 37.6 Å². The lowest BCUT2D eigenvalue weighted by atomic mass is 10.1. The van der Waals surface area contributed by atoms with Crippen molar-refractivity contribution < 1.29 is 17.9 Å². The molecular formula is C22H26N4O4S. The highest BCUT2D eigenvalue weighted by Gasteiger charge is 2.30. The second kappa shape index (κ2) is 8.68. The highest BCUT2D eigenvalue weighted by Crippen LogP contribution is 2.21. The first kappa shape index (κ1) is 21.3. The Bertz CT molecular complexity index is 1190. The van der Waals surface area contributed by atoms with E-state index < -0.39 is 10.0 Å². The van der Waals surface area contributed by atoms with Crippen LogP contribution >= 0.6 is 0 Å². The molecular weight excluding hydrogens is 416 g/mol. The molecule has 0 unspecified atom stereocenters. The fraction of sp³-hybridized carbons (Fsp3) is 0.364. The molecule has 1 fully saturated rings. The normalized spacial score (nSPS) is 15.7. The first-order valence-corrected chi connectivity index (χ1v) is 11.7. The van der Waals surface area contributed by atoms with Crippen LogP contribution in [0, 0.1) is 6.92 Å². The first-order valence-electron chi connectivity index (χ1n) is 10.2. The first-order chi connectivity index (χ1) is 14.8. The van der Waals surface area contributed by atoms with Crippen LogP contribution in [0.15, 0.2) is 53.7 Å². The smallest absolute Gasteiger partial charge is 0.262 e. The number of carbonyl (C=O) groups is 1. The van der Waals surface area contributed by atoms with E-state index in [-0.39, 0.29) is 24.1 Å². The van der Waals surface area contributed by atoms with Crippen molar-refractivity contribution in [2.45, 2.75) is 18.4 Å². The number of nitrogens with zero attached hydrogens (tertiary/aromatic N) is 4. The van der Waals surface area contributed by atoms with Gasteiger partial charge in [-0.15, -0.1) is 0 Å². The Balaban J connectivity index is 1.37. The Labute approximate surface area is 182 Å². The van der Waals surface area contributed by atoms with E-state index in [1.807, 2.05) is 42.5 Å². The van der Waals surface area contributed by atoms with E-state index in [1.165, 1.54) is 10.5 Å². The molecule has 3 aromatic rings. The van der Waals surface area contributed by atoms with Crippen LogP contribution in [0.1, 0.15) is 12.2 Å². The second-order valence-electron chi connectivity index (χ2n) is 7.67. The molecule has 2 heterocycles.